The van der Waals surface area contributed by atoms with E-state index >= 15 is 0 Å². The molecule has 0 aromatic heterocycles. The molecule has 0 nitrogen and oxygen atoms in total. The summed E-state index contributed by atoms with van der Waals surface area (Å²) in [7, 11) is 0. The van der Waals surface area contributed by atoms with E-state index in [-0.39, 0.29) is 40.1 Å². The quantitative estimate of drug-likeness (QED) is 0.452. The van der Waals surface area contributed by atoms with Crippen LogP contribution in [0, 0.1) is 14.0 Å². The molecule has 1 radical (unpaired) electrons. The zero-order valence-electron chi connectivity index (χ0n) is 3.73. The van der Waals surface area contributed by atoms with Gasteiger partial charge < -0.3 is 14.0 Å². The topological polar surface area (TPSA) is 0 Å². The summed E-state index contributed by atoms with van der Waals surface area (Å²) < 4.78 is 0. The van der Waals surface area contributed by atoms with Gasteiger partial charge in [0.15, 0.2) is 0 Å². The van der Waals surface area contributed by atoms with Crippen molar-refractivity contribution in [2.45, 2.75) is 6.92 Å². The van der Waals surface area contributed by atoms with Crippen LogP contribution in [0.3, 0.4) is 0 Å². The Morgan fingerprint density at radius 3 is 1.60 bits per heavy atom. The molecule has 0 aliphatic heterocycles. The second-order valence-corrected chi connectivity index (χ2v) is 0.333. The zero-order valence-corrected chi connectivity index (χ0v) is 6.57. The van der Waals surface area contributed by atoms with Crippen LogP contribution in [0.1, 0.15) is 6.92 Å². The molecule has 0 spiro atoms. The molecule has 5 heavy (non-hydrogen) atoms. The van der Waals surface area contributed by atoms with Crippen LogP contribution in [0.5, 0.6) is 0 Å². The minimum Gasteiger partial charge on any atom is -0.518 e. The first-order valence-corrected chi connectivity index (χ1v) is 0.911. The van der Waals surface area contributed by atoms with Gasteiger partial charge in [0.1, 0.15) is 0 Å². The Morgan fingerprint density at radius 2 is 1.60 bits per heavy atom. The molecule has 0 atom stereocenters. The summed E-state index contributed by atoms with van der Waals surface area (Å²) in [4.78, 5) is 0. The van der Waals surface area contributed by atoms with Gasteiger partial charge in [0, 0.05) is 32.7 Å². The summed E-state index contributed by atoms with van der Waals surface area (Å²) >= 11 is 0. The Balaban J connectivity index is -0.0000000200. The molecule has 0 unspecified atom stereocenters. The predicted molar refractivity (Wildman–Crippen MR) is 21.0 cm³/mol. The standard InChI is InChI=1S/C3H5.CH3.Y/c1-3-2;;/h1,3H,2H3;1H3;/q2*-1;. The van der Waals surface area contributed by atoms with Crippen molar-refractivity contribution in [1.82, 2.24) is 0 Å². The largest absolute Gasteiger partial charge is 0.518 e. The fraction of sp³-hybridized carbons (Fsp3) is 0.250. The first-order valence-electron chi connectivity index (χ1n) is 0.911. The van der Waals surface area contributed by atoms with Crippen molar-refractivity contribution in [1.29, 1.82) is 0 Å². The maximum absolute atomic E-state index is 4.72. The third kappa shape index (κ3) is 55.0. The molecule has 0 amide bonds. The van der Waals surface area contributed by atoms with Gasteiger partial charge >= 0.3 is 0 Å². The Morgan fingerprint density at radius 1 is 1.60 bits per heavy atom. The van der Waals surface area contributed by atoms with E-state index in [1.807, 2.05) is 0 Å². The van der Waals surface area contributed by atoms with Crippen molar-refractivity contribution in [3.8, 4) is 0 Å². The molecule has 0 heterocycles. The van der Waals surface area contributed by atoms with Crippen LogP contribution in [0.4, 0.5) is 0 Å². The molecule has 0 aromatic carbocycles. The summed E-state index contributed by atoms with van der Waals surface area (Å²) in [6.07, 6.45) is 1.50. The van der Waals surface area contributed by atoms with Gasteiger partial charge in [0.25, 0.3) is 0 Å². The van der Waals surface area contributed by atoms with Gasteiger partial charge in [-0.1, -0.05) is 6.92 Å². The van der Waals surface area contributed by atoms with Crippen LogP contribution >= 0.6 is 0 Å². The molecule has 1 heteroatoms. The monoisotopic (exact) mass is 145 g/mol. The van der Waals surface area contributed by atoms with E-state index in [0.29, 0.717) is 0 Å². The molecule has 0 aromatic rings. The molecule has 0 saturated heterocycles. The van der Waals surface area contributed by atoms with Gasteiger partial charge in [-0.3, -0.25) is 6.08 Å². The number of allylic oxidation sites excluding steroid dienone is 1. The molecular weight excluding hydrogens is 137 g/mol. The van der Waals surface area contributed by atoms with Crippen LogP contribution in [-0.4, -0.2) is 0 Å². The maximum atomic E-state index is 4.72. The van der Waals surface area contributed by atoms with Crippen LogP contribution in [0.2, 0.25) is 0 Å². The molecular formula is C4H8Y-2. The van der Waals surface area contributed by atoms with Gasteiger partial charge in [-0.15, -0.1) is 0 Å². The second kappa shape index (κ2) is 21.1. The third-order valence-corrected chi connectivity index (χ3v) is 0. The van der Waals surface area contributed by atoms with Gasteiger partial charge in [0.2, 0.25) is 0 Å². The van der Waals surface area contributed by atoms with Gasteiger partial charge in [-0.25, -0.2) is 0 Å². The maximum Gasteiger partial charge on any atom is 0 e. The molecule has 0 aliphatic rings. The van der Waals surface area contributed by atoms with E-state index in [1.54, 1.807) is 6.92 Å². The molecule has 0 fully saturated rings. The van der Waals surface area contributed by atoms with Gasteiger partial charge in [-0.05, 0) is 0 Å². The Bertz CT molecular complexity index is 11.1. The van der Waals surface area contributed by atoms with Crippen LogP contribution in [-0.2, 0) is 32.7 Å². The van der Waals surface area contributed by atoms with E-state index in [4.69, 9.17) is 6.58 Å². The fourth-order valence-corrected chi connectivity index (χ4v) is 0. The molecule has 29 valence electrons. The zero-order chi connectivity index (χ0) is 2.71. The summed E-state index contributed by atoms with van der Waals surface area (Å²) in [6, 6.07) is 0. The predicted octanol–water partition coefficient (Wildman–Crippen LogP) is 1.44. The van der Waals surface area contributed by atoms with E-state index in [9.17, 15) is 0 Å². The van der Waals surface area contributed by atoms with Crippen molar-refractivity contribution in [3.63, 3.8) is 0 Å². The normalized spacial score (nSPS) is 2.60. The average Bonchev–Trinajstić information content (AvgIpc) is 0.918. The fourth-order valence-electron chi connectivity index (χ4n) is 0. The van der Waals surface area contributed by atoms with E-state index in [0.717, 1.165) is 0 Å². The Labute approximate surface area is 59.5 Å². The van der Waals surface area contributed by atoms with E-state index in [1.165, 1.54) is 6.08 Å². The van der Waals surface area contributed by atoms with Crippen molar-refractivity contribution in [2.24, 2.45) is 0 Å². The minimum absolute atomic E-state index is 0. The summed E-state index contributed by atoms with van der Waals surface area (Å²) in [5, 5.41) is 0. The smallest absolute Gasteiger partial charge is 0 e. The SMILES string of the molecule is [CH-]=CC.[CH3-].[Y]. The van der Waals surface area contributed by atoms with E-state index in [2.05, 4.69) is 0 Å². The first kappa shape index (κ1) is 17.0. The first-order chi connectivity index (χ1) is 1.41. The Kier molecular flexibility index (Phi) is 71.4. The minimum atomic E-state index is 0. The Hall–Kier alpha value is 0.844. The third-order valence-electron chi connectivity index (χ3n) is 0. The van der Waals surface area contributed by atoms with Gasteiger partial charge in [0.05, 0.1) is 0 Å². The molecule has 0 saturated carbocycles. The van der Waals surface area contributed by atoms with Crippen LogP contribution in [0.25, 0.3) is 0 Å². The second-order valence-electron chi connectivity index (χ2n) is 0.333. The van der Waals surface area contributed by atoms with Crippen LogP contribution < -0.4 is 0 Å². The van der Waals surface area contributed by atoms with Crippen molar-refractivity contribution in [2.75, 3.05) is 0 Å². The average molecular weight is 145 g/mol. The summed E-state index contributed by atoms with van der Waals surface area (Å²) in [6.45, 7) is 6.50. The number of hydrogen-bond acceptors (Lipinski definition) is 0. The van der Waals surface area contributed by atoms with Crippen molar-refractivity contribution in [3.05, 3.63) is 20.1 Å². The molecule has 0 N–H and O–H groups in total. The van der Waals surface area contributed by atoms with Crippen molar-refractivity contribution < 1.29 is 32.7 Å². The summed E-state index contributed by atoms with van der Waals surface area (Å²) in [5.41, 5.74) is 0. The van der Waals surface area contributed by atoms with Crippen LogP contribution in [0.15, 0.2) is 6.08 Å². The number of hydrogen-bond donors (Lipinski definition) is 0. The number of rotatable bonds is 0. The summed E-state index contributed by atoms with van der Waals surface area (Å²) in [5.74, 6) is 0. The molecule has 0 bridgehead atoms. The molecule has 0 aliphatic carbocycles. The molecule has 0 rings (SSSR count). The van der Waals surface area contributed by atoms with Gasteiger partial charge in [-0.2, -0.15) is 0 Å². The van der Waals surface area contributed by atoms with Crippen molar-refractivity contribution >= 4 is 0 Å². The van der Waals surface area contributed by atoms with E-state index < -0.39 is 0 Å².